The largest absolute Gasteiger partial charge is 0.484 e. The smallest absolute Gasteiger partial charge is 0.329 e. The Bertz CT molecular complexity index is 918. The molecule has 3 N–H and O–H groups in total. The van der Waals surface area contributed by atoms with Gasteiger partial charge in [-0.05, 0) is 29.8 Å². The predicted octanol–water partition coefficient (Wildman–Crippen LogP) is 2.21. The third-order valence-electron chi connectivity index (χ3n) is 3.27. The number of carbonyl (C=O) groups is 3. The van der Waals surface area contributed by atoms with Gasteiger partial charge in [-0.25, -0.2) is 5.43 Å². The molecule has 0 unspecified atom stereocenters. The van der Waals surface area contributed by atoms with E-state index in [1.165, 1.54) is 13.3 Å². The second-order valence-corrected chi connectivity index (χ2v) is 6.07. The summed E-state index contributed by atoms with van der Waals surface area (Å²) in [5.74, 6) is -1.70. The van der Waals surface area contributed by atoms with Gasteiger partial charge in [0, 0.05) is 7.05 Å². The number of anilines is 1. The van der Waals surface area contributed by atoms with Crippen molar-refractivity contribution in [2.24, 2.45) is 5.10 Å². The molecule has 28 heavy (non-hydrogen) atoms. The van der Waals surface area contributed by atoms with Gasteiger partial charge in [-0.3, -0.25) is 14.4 Å². The Morgan fingerprint density at radius 3 is 2.61 bits per heavy atom. The van der Waals surface area contributed by atoms with Crippen molar-refractivity contribution in [1.82, 2.24) is 10.7 Å². The summed E-state index contributed by atoms with van der Waals surface area (Å²) in [5.41, 5.74) is 3.05. The molecular weight excluding hydrogens is 407 g/mol. The maximum Gasteiger partial charge on any atom is 0.329 e. The second-order valence-electron chi connectivity index (χ2n) is 5.29. The number of benzene rings is 2. The number of amides is 3. The number of halogens is 2. The molecule has 2 aromatic rings. The third-order valence-corrected chi connectivity index (χ3v) is 4.09. The molecule has 0 atom stereocenters. The lowest BCUT2D eigenvalue weighted by Crippen LogP contribution is -2.35. The Kier molecular flexibility index (Phi) is 7.79. The zero-order chi connectivity index (χ0) is 20.5. The van der Waals surface area contributed by atoms with Gasteiger partial charge in [0.2, 0.25) is 0 Å². The van der Waals surface area contributed by atoms with Crippen LogP contribution in [0.15, 0.2) is 47.6 Å². The van der Waals surface area contributed by atoms with E-state index in [1.807, 2.05) is 0 Å². The van der Waals surface area contributed by atoms with Crippen molar-refractivity contribution in [2.45, 2.75) is 0 Å². The highest BCUT2D eigenvalue weighted by Crippen LogP contribution is 2.29. The minimum absolute atomic E-state index is 0.245. The minimum atomic E-state index is -0.887. The normalized spacial score (nSPS) is 10.4. The van der Waals surface area contributed by atoms with E-state index in [9.17, 15) is 14.4 Å². The van der Waals surface area contributed by atoms with Gasteiger partial charge in [0.05, 0.1) is 21.9 Å². The van der Waals surface area contributed by atoms with Gasteiger partial charge in [0.1, 0.15) is 5.75 Å². The maximum atomic E-state index is 12.0. The fourth-order valence-corrected chi connectivity index (χ4v) is 2.30. The average molecular weight is 423 g/mol. The highest BCUT2D eigenvalue weighted by Gasteiger charge is 2.10. The zero-order valence-electron chi connectivity index (χ0n) is 14.7. The van der Waals surface area contributed by atoms with E-state index < -0.39 is 17.7 Å². The first-order valence-electron chi connectivity index (χ1n) is 7.92. The molecule has 0 aliphatic heterocycles. The molecule has 0 radical (unpaired) electrons. The number of hydrogen-bond donors (Lipinski definition) is 3. The van der Waals surface area contributed by atoms with Gasteiger partial charge >= 0.3 is 11.8 Å². The molecule has 0 aromatic heterocycles. The molecule has 3 amide bonds. The van der Waals surface area contributed by atoms with Gasteiger partial charge in [0.25, 0.3) is 5.91 Å². The average Bonchev–Trinajstić information content (AvgIpc) is 2.69. The molecule has 0 bridgehead atoms. The number of nitrogens with one attached hydrogen (secondary N) is 3. The van der Waals surface area contributed by atoms with Crippen LogP contribution in [-0.2, 0) is 14.4 Å². The van der Waals surface area contributed by atoms with Gasteiger partial charge < -0.3 is 15.4 Å². The van der Waals surface area contributed by atoms with Crippen molar-refractivity contribution in [1.29, 1.82) is 0 Å². The number of hydrazone groups is 1. The Morgan fingerprint density at radius 1 is 1.11 bits per heavy atom. The lowest BCUT2D eigenvalue weighted by molar-refractivity contribution is -0.138. The summed E-state index contributed by atoms with van der Waals surface area (Å²) >= 11 is 11.9. The van der Waals surface area contributed by atoms with Crippen molar-refractivity contribution < 1.29 is 19.1 Å². The first-order chi connectivity index (χ1) is 13.4. The molecule has 0 aliphatic carbocycles. The molecule has 146 valence electrons. The van der Waals surface area contributed by atoms with Crippen molar-refractivity contribution in [2.75, 3.05) is 19.0 Å². The molecule has 0 saturated heterocycles. The summed E-state index contributed by atoms with van der Waals surface area (Å²) in [5, 5.41) is 9.03. The summed E-state index contributed by atoms with van der Waals surface area (Å²) in [7, 11) is 1.34. The van der Waals surface area contributed by atoms with Crippen LogP contribution >= 0.6 is 23.2 Å². The lowest BCUT2D eigenvalue weighted by Gasteiger charge is -2.09. The first kappa shape index (κ1) is 21.2. The maximum absolute atomic E-state index is 12.0. The summed E-state index contributed by atoms with van der Waals surface area (Å²) in [4.78, 5) is 34.4. The molecule has 0 spiro atoms. The molecule has 0 aliphatic rings. The zero-order valence-corrected chi connectivity index (χ0v) is 16.2. The third kappa shape index (κ3) is 6.26. The van der Waals surface area contributed by atoms with E-state index in [4.69, 9.17) is 27.9 Å². The fraction of sp³-hybridized carbons (Fsp3) is 0.111. The summed E-state index contributed by atoms with van der Waals surface area (Å²) in [6.07, 6.45) is 1.33. The Labute approximate surface area is 170 Å². The van der Waals surface area contributed by atoms with Crippen LogP contribution < -0.4 is 20.8 Å². The second kappa shape index (κ2) is 10.3. The number of likely N-dealkylation sites (N-methyl/N-ethyl adjacent to an activating group) is 1. The van der Waals surface area contributed by atoms with Crippen molar-refractivity contribution in [3.63, 3.8) is 0 Å². The van der Waals surface area contributed by atoms with Gasteiger partial charge in [-0.15, -0.1) is 0 Å². The molecule has 2 rings (SSSR count). The highest BCUT2D eigenvalue weighted by atomic mass is 35.5. The standard InChI is InChI=1S/C18H16Cl2N4O4/c1-21-17(26)18(27)24-22-9-11-4-2-5-12(8-11)28-10-15(25)23-14-7-3-6-13(19)16(14)20/h2-9H,10H2,1H3,(H,21,26)(H,23,25)(H,24,27)/b22-9-. The number of carbonyl (C=O) groups excluding carboxylic acids is 3. The van der Waals surface area contributed by atoms with E-state index in [-0.39, 0.29) is 11.6 Å². The summed E-state index contributed by atoms with van der Waals surface area (Å²) in [6, 6.07) is 11.5. The van der Waals surface area contributed by atoms with Crippen molar-refractivity contribution in [3.8, 4) is 5.75 Å². The lowest BCUT2D eigenvalue weighted by atomic mass is 10.2. The van der Waals surface area contributed by atoms with E-state index in [0.717, 1.165) is 0 Å². The van der Waals surface area contributed by atoms with Crippen molar-refractivity contribution >= 4 is 52.8 Å². The van der Waals surface area contributed by atoms with Gasteiger partial charge in [-0.1, -0.05) is 41.4 Å². The van der Waals surface area contributed by atoms with Crippen LogP contribution in [0.5, 0.6) is 5.75 Å². The molecule has 10 heteroatoms. The number of nitrogens with zero attached hydrogens (tertiary/aromatic N) is 1. The van der Waals surface area contributed by atoms with Gasteiger partial charge in [-0.2, -0.15) is 5.10 Å². The summed E-state index contributed by atoms with van der Waals surface area (Å²) < 4.78 is 5.43. The summed E-state index contributed by atoms with van der Waals surface area (Å²) in [6.45, 7) is -0.253. The first-order valence-corrected chi connectivity index (χ1v) is 8.68. The monoisotopic (exact) mass is 422 g/mol. The molecule has 0 heterocycles. The highest BCUT2D eigenvalue weighted by molar-refractivity contribution is 6.44. The molecule has 0 saturated carbocycles. The van der Waals surface area contributed by atoms with E-state index in [2.05, 4.69) is 21.2 Å². The van der Waals surface area contributed by atoms with Crippen LogP contribution in [0.25, 0.3) is 0 Å². The van der Waals surface area contributed by atoms with Crippen LogP contribution in [0.2, 0.25) is 10.0 Å². The van der Waals surface area contributed by atoms with Gasteiger partial charge in [0.15, 0.2) is 6.61 Å². The van der Waals surface area contributed by atoms with E-state index >= 15 is 0 Å². The van der Waals surface area contributed by atoms with Crippen LogP contribution in [0.4, 0.5) is 5.69 Å². The molecular formula is C18H16Cl2N4O4. The Morgan fingerprint density at radius 2 is 1.86 bits per heavy atom. The van der Waals surface area contributed by atoms with Crippen LogP contribution in [0, 0.1) is 0 Å². The number of hydrogen-bond acceptors (Lipinski definition) is 5. The molecule has 8 nitrogen and oxygen atoms in total. The predicted molar refractivity (Wildman–Crippen MR) is 107 cm³/mol. The molecule has 0 fully saturated rings. The van der Waals surface area contributed by atoms with Crippen LogP contribution in [0.3, 0.4) is 0 Å². The quantitative estimate of drug-likeness (QED) is 0.376. The van der Waals surface area contributed by atoms with Crippen LogP contribution in [0.1, 0.15) is 5.56 Å². The number of ether oxygens (including phenoxy) is 1. The SMILES string of the molecule is CNC(=O)C(=O)N/N=C\c1cccc(OCC(=O)Nc2cccc(Cl)c2Cl)c1. The van der Waals surface area contributed by atoms with E-state index in [1.54, 1.807) is 42.5 Å². The topological polar surface area (TPSA) is 109 Å². The molecule has 2 aromatic carbocycles. The fourth-order valence-electron chi connectivity index (χ4n) is 1.95. The van der Waals surface area contributed by atoms with Crippen molar-refractivity contribution in [3.05, 3.63) is 58.1 Å². The number of rotatable bonds is 6. The Hall–Kier alpha value is -3.10. The minimum Gasteiger partial charge on any atom is -0.484 e. The Balaban J connectivity index is 1.90. The van der Waals surface area contributed by atoms with E-state index in [0.29, 0.717) is 22.0 Å². The van der Waals surface area contributed by atoms with Crippen LogP contribution in [-0.4, -0.2) is 37.6 Å².